The van der Waals surface area contributed by atoms with Crippen LogP contribution < -0.4 is 11.1 Å². The molecule has 4 N–H and O–H groups in total. The van der Waals surface area contributed by atoms with Crippen LogP contribution in [0.5, 0.6) is 0 Å². The molecule has 1 fully saturated rings. The third-order valence-corrected chi connectivity index (χ3v) is 9.86. The van der Waals surface area contributed by atoms with Gasteiger partial charge in [-0.3, -0.25) is 13.7 Å². The van der Waals surface area contributed by atoms with Gasteiger partial charge in [0, 0.05) is 22.9 Å². The summed E-state index contributed by atoms with van der Waals surface area (Å²) in [6.07, 6.45) is 4.61. The number of carboxylic acid groups (broad SMARTS) is 1. The predicted octanol–water partition coefficient (Wildman–Crippen LogP) is 5.23. The highest BCUT2D eigenvalue weighted by molar-refractivity contribution is 7.98. The maximum Gasteiger partial charge on any atom is 0.408 e. The first-order chi connectivity index (χ1) is 22.1. The van der Waals surface area contributed by atoms with Crippen LogP contribution in [0.15, 0.2) is 30.7 Å². The second-order valence-electron chi connectivity index (χ2n) is 13.7. The lowest BCUT2D eigenvalue weighted by Gasteiger charge is -2.31. The van der Waals surface area contributed by atoms with Gasteiger partial charge < -0.3 is 20.9 Å². The summed E-state index contributed by atoms with van der Waals surface area (Å²) in [5.74, 6) is -0.923. The number of pyridine rings is 1. The lowest BCUT2D eigenvalue weighted by atomic mass is 9.87. The molecule has 0 saturated carbocycles. The van der Waals surface area contributed by atoms with Gasteiger partial charge in [0.1, 0.15) is 18.0 Å². The number of nitrogens with one attached hydrogen (secondary N) is 1. The molecule has 1 aromatic carbocycles. The van der Waals surface area contributed by atoms with E-state index in [2.05, 4.69) is 63.2 Å². The molecule has 3 aromatic heterocycles. The molecule has 12 nitrogen and oxygen atoms in total. The van der Waals surface area contributed by atoms with Crippen molar-refractivity contribution >= 4 is 46.5 Å². The van der Waals surface area contributed by atoms with Crippen molar-refractivity contribution in [1.29, 1.82) is 0 Å². The Morgan fingerprint density at radius 3 is 2.47 bits per heavy atom. The Labute approximate surface area is 279 Å². The fraction of sp³-hybridized carbons (Fsp3) is 0.500. The van der Waals surface area contributed by atoms with Gasteiger partial charge in [0.05, 0.1) is 17.8 Å². The van der Waals surface area contributed by atoms with E-state index in [1.54, 1.807) is 31.6 Å². The summed E-state index contributed by atoms with van der Waals surface area (Å²) in [6, 6.07) is 5.38. The molecule has 47 heavy (non-hydrogen) atoms. The van der Waals surface area contributed by atoms with Crippen LogP contribution in [0.4, 0.5) is 4.79 Å². The number of benzene rings is 1. The van der Waals surface area contributed by atoms with Crippen molar-refractivity contribution in [2.45, 2.75) is 84.8 Å². The van der Waals surface area contributed by atoms with Gasteiger partial charge in [-0.05, 0) is 119 Å². The molecular formula is C34H45N7O5S. The Morgan fingerprint density at radius 1 is 1.15 bits per heavy atom. The number of alkyl carbamates (subject to hydrolysis) is 1. The molecule has 4 aromatic rings. The van der Waals surface area contributed by atoms with Crippen molar-refractivity contribution in [2.24, 2.45) is 5.73 Å². The molecular weight excluding hydrogens is 618 g/mol. The van der Waals surface area contributed by atoms with Gasteiger partial charge in [-0.25, -0.2) is 19.1 Å². The third-order valence-electron chi connectivity index (χ3n) is 8.74. The van der Waals surface area contributed by atoms with E-state index < -0.39 is 23.7 Å². The number of nitrogens with two attached hydrogens (primary N) is 1. The van der Waals surface area contributed by atoms with Crippen LogP contribution >= 0.6 is 11.9 Å². The zero-order chi connectivity index (χ0) is 34.2. The highest BCUT2D eigenvalue weighted by Gasteiger charge is 2.29. The van der Waals surface area contributed by atoms with E-state index in [0.717, 1.165) is 70.4 Å². The van der Waals surface area contributed by atoms with Crippen molar-refractivity contribution in [3.8, 4) is 11.3 Å². The first-order valence-electron chi connectivity index (χ1n) is 16.0. The number of hydrogen-bond acceptors (Lipinski definition) is 8. The van der Waals surface area contributed by atoms with Gasteiger partial charge in [-0.1, -0.05) is 19.9 Å². The number of primary amides is 1. The van der Waals surface area contributed by atoms with Crippen molar-refractivity contribution in [3.05, 3.63) is 53.0 Å². The minimum Gasteiger partial charge on any atom is -0.480 e. The van der Waals surface area contributed by atoms with E-state index in [4.69, 9.17) is 10.5 Å². The number of rotatable bonds is 10. The molecule has 1 atom stereocenters. The summed E-state index contributed by atoms with van der Waals surface area (Å²) in [5, 5.41) is 18.2. The molecule has 5 rings (SSSR count). The summed E-state index contributed by atoms with van der Waals surface area (Å²) in [6.45, 7) is 15.5. The van der Waals surface area contributed by atoms with Crippen LogP contribution in [0, 0.1) is 13.8 Å². The second-order valence-corrected chi connectivity index (χ2v) is 14.6. The molecule has 252 valence electrons. The lowest BCUT2D eigenvalue weighted by molar-refractivity contribution is -0.138. The van der Waals surface area contributed by atoms with Crippen LogP contribution in [0.2, 0.25) is 0 Å². The Balaban J connectivity index is 1.61. The molecule has 0 radical (unpaired) electrons. The topological polar surface area (TPSA) is 157 Å². The monoisotopic (exact) mass is 663 g/mol. The molecule has 0 aliphatic carbocycles. The summed E-state index contributed by atoms with van der Waals surface area (Å²) in [4.78, 5) is 42.9. The number of nitrogens with zero attached hydrogens (tertiary/aromatic N) is 5. The number of likely N-dealkylation sites (tertiary alicyclic amines) is 1. The quantitative estimate of drug-likeness (QED) is 0.207. The first-order valence-corrected chi connectivity index (χ1v) is 16.9. The standard InChI is InChI=1S/C34H45N7O5S/c1-19(2)29-24-14-23(22-10-12-39(13-11-22)16-28(35)42)8-9-27(24)41(47-17-26(32(43)44)38-33(45)46-34(5,6)7)30(29)25-15-40-31(36-18-37-40)21(4)20(25)3/h8-9,14-15,18-19,22,26H,10-13,16-17H2,1-7H3,(H2,35,42)(H,38,45)(H,43,44)/t26-/m0/s1. The largest absolute Gasteiger partial charge is 0.480 e. The van der Waals surface area contributed by atoms with E-state index in [1.807, 2.05) is 13.1 Å². The van der Waals surface area contributed by atoms with Gasteiger partial charge in [-0.2, -0.15) is 5.10 Å². The number of aliphatic carboxylic acids is 1. The van der Waals surface area contributed by atoms with Crippen molar-refractivity contribution < 1.29 is 24.2 Å². The maximum absolute atomic E-state index is 12.6. The fourth-order valence-corrected chi connectivity index (χ4v) is 7.54. The SMILES string of the molecule is Cc1c(-c2c(C(C)C)c3cc(C4CCN(CC(N)=O)CC4)ccc3n2SC[C@H](NC(=O)OC(C)(C)C)C(=O)O)cn2ncnc2c1C. The Morgan fingerprint density at radius 2 is 1.85 bits per heavy atom. The number of ether oxygens (including phenoxy) is 1. The van der Waals surface area contributed by atoms with Crippen LogP contribution in [-0.2, 0) is 14.3 Å². The van der Waals surface area contributed by atoms with Crippen molar-refractivity contribution in [3.63, 3.8) is 0 Å². The van der Waals surface area contributed by atoms with E-state index in [0.29, 0.717) is 5.92 Å². The zero-order valence-electron chi connectivity index (χ0n) is 28.2. The minimum atomic E-state index is -1.19. The van der Waals surface area contributed by atoms with E-state index in [1.165, 1.54) is 17.5 Å². The average Bonchev–Trinajstić information content (AvgIpc) is 3.58. The van der Waals surface area contributed by atoms with E-state index >= 15 is 0 Å². The fourth-order valence-electron chi connectivity index (χ4n) is 6.39. The minimum absolute atomic E-state index is 0.0621. The molecule has 4 heterocycles. The van der Waals surface area contributed by atoms with Gasteiger partial charge in [0.25, 0.3) is 0 Å². The van der Waals surface area contributed by atoms with Crippen molar-refractivity contribution in [1.82, 2.24) is 28.8 Å². The number of carbonyl (C=O) groups excluding carboxylic acids is 2. The number of carbonyl (C=O) groups is 3. The average molecular weight is 664 g/mol. The van der Waals surface area contributed by atoms with Crippen LogP contribution in [0.3, 0.4) is 0 Å². The molecule has 13 heteroatoms. The maximum atomic E-state index is 12.6. The molecule has 2 amide bonds. The number of hydrogen-bond donors (Lipinski definition) is 3. The third kappa shape index (κ3) is 7.41. The number of amides is 2. The number of fused-ring (bicyclic) bond motifs is 2. The van der Waals surface area contributed by atoms with Crippen LogP contribution in [0.1, 0.15) is 81.5 Å². The van der Waals surface area contributed by atoms with Crippen LogP contribution in [0.25, 0.3) is 27.8 Å². The first kappa shape index (κ1) is 34.2. The van der Waals surface area contributed by atoms with Gasteiger partial charge >= 0.3 is 12.1 Å². The summed E-state index contributed by atoms with van der Waals surface area (Å²) < 4.78 is 9.25. The number of carboxylic acids is 1. The molecule has 0 bridgehead atoms. The second kappa shape index (κ2) is 13.6. The van der Waals surface area contributed by atoms with E-state index in [9.17, 15) is 19.5 Å². The number of aromatic nitrogens is 4. The van der Waals surface area contributed by atoms with Gasteiger partial charge in [0.15, 0.2) is 5.65 Å². The molecule has 1 aliphatic rings. The lowest BCUT2D eigenvalue weighted by Crippen LogP contribution is -2.45. The Hall–Kier alpha value is -4.10. The number of aryl methyl sites for hydroxylation is 1. The van der Waals surface area contributed by atoms with Crippen LogP contribution in [-0.4, -0.2) is 83.6 Å². The molecule has 1 saturated heterocycles. The highest BCUT2D eigenvalue weighted by atomic mass is 32.2. The van der Waals surface area contributed by atoms with E-state index in [-0.39, 0.29) is 24.1 Å². The molecule has 0 unspecified atom stereocenters. The van der Waals surface area contributed by atoms with Crippen molar-refractivity contribution in [2.75, 3.05) is 25.4 Å². The summed E-state index contributed by atoms with van der Waals surface area (Å²) in [5.41, 5.74) is 12.8. The smallest absolute Gasteiger partial charge is 0.408 e. The highest BCUT2D eigenvalue weighted by Crippen LogP contribution is 2.44. The normalized spacial score (nSPS) is 15.4. The predicted molar refractivity (Wildman–Crippen MR) is 184 cm³/mol. The number of piperidine rings is 1. The summed E-state index contributed by atoms with van der Waals surface area (Å²) >= 11 is 1.35. The zero-order valence-corrected chi connectivity index (χ0v) is 29.0. The summed E-state index contributed by atoms with van der Waals surface area (Å²) in [7, 11) is 0. The Kier molecular flexibility index (Phi) is 9.88. The Bertz CT molecular complexity index is 1810. The molecule has 0 spiro atoms. The van der Waals surface area contributed by atoms with Gasteiger partial charge in [-0.15, -0.1) is 0 Å². The van der Waals surface area contributed by atoms with Gasteiger partial charge in [0.2, 0.25) is 5.91 Å². The molecule has 1 aliphatic heterocycles.